The maximum absolute atomic E-state index is 13.2. The predicted molar refractivity (Wildman–Crippen MR) is 51.7 cm³/mol. The molecule has 0 atom stereocenters. The first kappa shape index (κ1) is 8.73. The highest BCUT2D eigenvalue weighted by Gasteiger charge is 2.08. The van der Waals surface area contributed by atoms with E-state index in [9.17, 15) is 4.39 Å². The van der Waals surface area contributed by atoms with Crippen molar-refractivity contribution in [1.29, 1.82) is 0 Å². The summed E-state index contributed by atoms with van der Waals surface area (Å²) in [5.41, 5.74) is 0.397. The standard InChI is InChI=1S/C9H4Cl2FN/c10-5-3-4-13-9-6(11)1-2-7(12)8(5)9/h1-4H. The number of fused-ring (bicyclic) bond motifs is 1. The molecule has 13 heavy (non-hydrogen) atoms. The summed E-state index contributed by atoms with van der Waals surface area (Å²) in [5.74, 6) is -0.405. The molecule has 0 saturated carbocycles. The molecule has 0 amide bonds. The molecule has 2 rings (SSSR count). The quantitative estimate of drug-likeness (QED) is 0.654. The Hall–Kier alpha value is -0.860. The van der Waals surface area contributed by atoms with Crippen molar-refractivity contribution in [3.63, 3.8) is 0 Å². The van der Waals surface area contributed by atoms with Gasteiger partial charge in [-0.3, -0.25) is 4.98 Å². The Morgan fingerprint density at radius 2 is 1.85 bits per heavy atom. The second kappa shape index (κ2) is 3.13. The van der Waals surface area contributed by atoms with E-state index in [1.54, 1.807) is 0 Å². The smallest absolute Gasteiger partial charge is 0.134 e. The molecule has 0 N–H and O–H groups in total. The van der Waals surface area contributed by atoms with Crippen LogP contribution in [0.4, 0.5) is 4.39 Å². The van der Waals surface area contributed by atoms with E-state index in [4.69, 9.17) is 23.2 Å². The molecule has 0 radical (unpaired) electrons. The number of aromatic nitrogens is 1. The molecule has 1 aromatic carbocycles. The highest BCUT2D eigenvalue weighted by molar-refractivity contribution is 6.39. The molecule has 1 aromatic heterocycles. The van der Waals surface area contributed by atoms with Crippen molar-refractivity contribution in [2.45, 2.75) is 0 Å². The largest absolute Gasteiger partial charge is 0.254 e. The Morgan fingerprint density at radius 1 is 1.08 bits per heavy atom. The molecule has 0 aliphatic rings. The Bertz CT molecular complexity index is 462. The fraction of sp³-hybridized carbons (Fsp3) is 0. The first-order valence-electron chi connectivity index (χ1n) is 3.58. The minimum Gasteiger partial charge on any atom is -0.254 e. The Balaban J connectivity index is 3.00. The molecule has 0 fully saturated rings. The number of nitrogens with zero attached hydrogens (tertiary/aromatic N) is 1. The van der Waals surface area contributed by atoms with E-state index in [1.807, 2.05) is 0 Å². The van der Waals surface area contributed by atoms with Gasteiger partial charge in [-0.25, -0.2) is 4.39 Å². The van der Waals surface area contributed by atoms with Crippen LogP contribution in [-0.2, 0) is 0 Å². The molecule has 0 spiro atoms. The van der Waals surface area contributed by atoms with Crippen LogP contribution >= 0.6 is 23.2 Å². The SMILES string of the molecule is Fc1ccc(Cl)c2nccc(Cl)c12. The Labute approximate surface area is 84.1 Å². The third-order valence-electron chi connectivity index (χ3n) is 1.74. The van der Waals surface area contributed by atoms with Gasteiger partial charge in [0, 0.05) is 6.20 Å². The summed E-state index contributed by atoms with van der Waals surface area (Å²) < 4.78 is 13.2. The Kier molecular flexibility index (Phi) is 2.10. The zero-order chi connectivity index (χ0) is 9.42. The first-order valence-corrected chi connectivity index (χ1v) is 4.34. The summed E-state index contributed by atoms with van der Waals surface area (Å²) in [4.78, 5) is 3.95. The van der Waals surface area contributed by atoms with E-state index >= 15 is 0 Å². The fourth-order valence-electron chi connectivity index (χ4n) is 1.16. The van der Waals surface area contributed by atoms with E-state index in [2.05, 4.69) is 4.98 Å². The zero-order valence-electron chi connectivity index (χ0n) is 6.39. The second-order valence-corrected chi connectivity index (χ2v) is 3.36. The zero-order valence-corrected chi connectivity index (χ0v) is 7.90. The number of benzene rings is 1. The van der Waals surface area contributed by atoms with E-state index < -0.39 is 5.82 Å². The molecule has 0 aliphatic heterocycles. The highest BCUT2D eigenvalue weighted by atomic mass is 35.5. The van der Waals surface area contributed by atoms with Gasteiger partial charge in [0.15, 0.2) is 0 Å². The van der Waals surface area contributed by atoms with Crippen LogP contribution in [0.15, 0.2) is 24.4 Å². The van der Waals surface area contributed by atoms with Crippen LogP contribution in [-0.4, -0.2) is 4.98 Å². The number of hydrogen-bond donors (Lipinski definition) is 0. The van der Waals surface area contributed by atoms with Gasteiger partial charge in [0.25, 0.3) is 0 Å². The predicted octanol–water partition coefficient (Wildman–Crippen LogP) is 3.68. The van der Waals surface area contributed by atoms with E-state index in [1.165, 1.54) is 24.4 Å². The summed E-state index contributed by atoms with van der Waals surface area (Å²) in [5, 5.41) is 1.00. The van der Waals surface area contributed by atoms with Crippen molar-refractivity contribution in [3.8, 4) is 0 Å². The van der Waals surface area contributed by atoms with Crippen molar-refractivity contribution in [1.82, 2.24) is 4.98 Å². The summed E-state index contributed by atoms with van der Waals surface area (Å²) in [7, 11) is 0. The molecule has 0 saturated heterocycles. The van der Waals surface area contributed by atoms with Crippen LogP contribution in [0.5, 0.6) is 0 Å². The van der Waals surface area contributed by atoms with Crippen molar-refractivity contribution in [2.24, 2.45) is 0 Å². The summed E-state index contributed by atoms with van der Waals surface area (Å²) in [6.07, 6.45) is 1.50. The lowest BCUT2D eigenvalue weighted by Gasteiger charge is -2.01. The molecule has 0 aliphatic carbocycles. The molecule has 0 bridgehead atoms. The molecule has 1 heterocycles. The third kappa shape index (κ3) is 1.36. The lowest BCUT2D eigenvalue weighted by molar-refractivity contribution is 0.639. The van der Waals surface area contributed by atoms with Crippen molar-refractivity contribution in [3.05, 3.63) is 40.3 Å². The molecular weight excluding hydrogens is 212 g/mol. The van der Waals surface area contributed by atoms with Crippen LogP contribution < -0.4 is 0 Å². The number of rotatable bonds is 0. The average molecular weight is 216 g/mol. The highest BCUT2D eigenvalue weighted by Crippen LogP contribution is 2.29. The van der Waals surface area contributed by atoms with Crippen LogP contribution in [0.2, 0.25) is 10.0 Å². The van der Waals surface area contributed by atoms with E-state index in [-0.39, 0.29) is 5.39 Å². The van der Waals surface area contributed by atoms with Crippen LogP contribution in [0, 0.1) is 5.82 Å². The van der Waals surface area contributed by atoms with Gasteiger partial charge in [-0.05, 0) is 18.2 Å². The molecule has 2 aromatic rings. The maximum atomic E-state index is 13.2. The van der Waals surface area contributed by atoms with Gasteiger partial charge in [0.1, 0.15) is 5.82 Å². The average Bonchev–Trinajstić information content (AvgIpc) is 2.12. The van der Waals surface area contributed by atoms with Gasteiger partial charge in [-0.2, -0.15) is 0 Å². The topological polar surface area (TPSA) is 12.9 Å². The number of hydrogen-bond acceptors (Lipinski definition) is 1. The normalized spacial score (nSPS) is 10.7. The van der Waals surface area contributed by atoms with E-state index in [0.717, 1.165) is 0 Å². The van der Waals surface area contributed by atoms with Gasteiger partial charge in [-0.15, -0.1) is 0 Å². The van der Waals surface area contributed by atoms with Crippen LogP contribution in [0.3, 0.4) is 0 Å². The number of halogens is 3. The lowest BCUT2D eigenvalue weighted by Crippen LogP contribution is -1.84. The fourth-order valence-corrected chi connectivity index (χ4v) is 1.60. The van der Waals surface area contributed by atoms with Crippen LogP contribution in [0.25, 0.3) is 10.9 Å². The van der Waals surface area contributed by atoms with Crippen molar-refractivity contribution in [2.75, 3.05) is 0 Å². The monoisotopic (exact) mass is 215 g/mol. The molecular formula is C9H4Cl2FN. The van der Waals surface area contributed by atoms with Gasteiger partial charge in [0.05, 0.1) is 20.9 Å². The van der Waals surface area contributed by atoms with Crippen LogP contribution in [0.1, 0.15) is 0 Å². The van der Waals surface area contributed by atoms with Crippen molar-refractivity contribution >= 4 is 34.1 Å². The number of pyridine rings is 1. The minimum absolute atomic E-state index is 0.275. The third-order valence-corrected chi connectivity index (χ3v) is 2.36. The van der Waals surface area contributed by atoms with Crippen molar-refractivity contribution < 1.29 is 4.39 Å². The first-order chi connectivity index (χ1) is 6.20. The van der Waals surface area contributed by atoms with Gasteiger partial charge in [-0.1, -0.05) is 23.2 Å². The molecule has 66 valence electrons. The van der Waals surface area contributed by atoms with E-state index in [0.29, 0.717) is 15.6 Å². The molecule has 0 unspecified atom stereocenters. The second-order valence-electron chi connectivity index (χ2n) is 2.55. The maximum Gasteiger partial charge on any atom is 0.134 e. The minimum atomic E-state index is -0.405. The summed E-state index contributed by atoms with van der Waals surface area (Å²) in [6, 6.07) is 4.27. The van der Waals surface area contributed by atoms with Gasteiger partial charge < -0.3 is 0 Å². The lowest BCUT2D eigenvalue weighted by atomic mass is 10.2. The molecule has 4 heteroatoms. The Morgan fingerprint density at radius 3 is 2.54 bits per heavy atom. The van der Waals surface area contributed by atoms with Gasteiger partial charge in [0.2, 0.25) is 0 Å². The summed E-state index contributed by atoms with van der Waals surface area (Å²) >= 11 is 11.6. The summed E-state index contributed by atoms with van der Waals surface area (Å²) in [6.45, 7) is 0. The van der Waals surface area contributed by atoms with Gasteiger partial charge >= 0.3 is 0 Å². The molecule has 1 nitrogen and oxygen atoms in total.